The number of carbonyl (C=O) groups is 1. The standard InChI is InChI=1S/C24H41NO12S2.ClH/c1-13(28)39-12-15-6-16(3-2-14(15)11-38)37-5-4-25(7-17(29)21(33)23(35)19(31)9-26)8-18(30)22(34)24(36)20(32)10-27;/h2-3,6,17-24,26-27,29-36,38H,4-5,7-12H2,1H3;1H/t17-,18-,19-,20-,21-,22-,23-,24-;/m1./s1. The Labute approximate surface area is 248 Å². The largest absolute Gasteiger partial charge is 0.492 e. The molecule has 1 aromatic rings. The van der Waals surface area contributed by atoms with Gasteiger partial charge in [-0.25, -0.2) is 0 Å². The SMILES string of the molecule is CC(=O)SCc1cc(OCCN(C[C@@H](O)[C@@H](O)[C@H](O)[C@H](O)CO)C[C@@H](O)[C@@H](O)[C@H](O)[C@H](O)CO)ccc1CS.Cl. The van der Waals surface area contributed by atoms with Crippen LogP contribution in [0.15, 0.2) is 18.2 Å². The number of rotatable bonds is 19. The zero-order valence-electron chi connectivity index (χ0n) is 22.0. The summed E-state index contributed by atoms with van der Waals surface area (Å²) in [6.07, 6.45) is -14.3. The Morgan fingerprint density at radius 3 is 1.75 bits per heavy atom. The van der Waals surface area contributed by atoms with Crippen LogP contribution in [0.2, 0.25) is 0 Å². The van der Waals surface area contributed by atoms with Gasteiger partial charge in [0.05, 0.1) is 25.4 Å². The number of aliphatic hydroxyl groups excluding tert-OH is 10. The molecule has 10 N–H and O–H groups in total. The van der Waals surface area contributed by atoms with Gasteiger partial charge in [-0.15, -0.1) is 12.4 Å². The number of thiol groups is 1. The number of benzene rings is 1. The molecule has 0 aliphatic carbocycles. The van der Waals surface area contributed by atoms with E-state index in [1.807, 2.05) is 0 Å². The van der Waals surface area contributed by atoms with Crippen molar-refractivity contribution in [3.8, 4) is 5.75 Å². The van der Waals surface area contributed by atoms with Crippen molar-refractivity contribution in [1.82, 2.24) is 4.90 Å². The number of hydrogen-bond acceptors (Lipinski definition) is 15. The van der Waals surface area contributed by atoms with E-state index in [4.69, 9.17) is 14.9 Å². The molecule has 0 aliphatic heterocycles. The number of thioether (sulfide) groups is 1. The average molecular weight is 636 g/mol. The molecule has 0 saturated carbocycles. The van der Waals surface area contributed by atoms with Gasteiger partial charge in [0.1, 0.15) is 49.0 Å². The molecule has 0 heterocycles. The Balaban J connectivity index is 0.0000152. The lowest BCUT2D eigenvalue weighted by molar-refractivity contribution is -0.130. The zero-order valence-corrected chi connectivity index (χ0v) is 24.5. The molecule has 0 unspecified atom stereocenters. The van der Waals surface area contributed by atoms with E-state index >= 15 is 0 Å². The van der Waals surface area contributed by atoms with Gasteiger partial charge in [-0.2, -0.15) is 12.6 Å². The smallest absolute Gasteiger partial charge is 0.186 e. The Bertz CT molecular complexity index is 830. The van der Waals surface area contributed by atoms with Gasteiger partial charge in [-0.1, -0.05) is 17.8 Å². The molecule has 16 heteroatoms. The maximum atomic E-state index is 11.4. The lowest BCUT2D eigenvalue weighted by atomic mass is 10.0. The molecule has 0 fully saturated rings. The van der Waals surface area contributed by atoms with E-state index in [1.165, 1.54) is 11.8 Å². The maximum Gasteiger partial charge on any atom is 0.186 e. The minimum absolute atomic E-state index is 0. The second-order valence-corrected chi connectivity index (χ2v) is 10.5. The molecule has 0 aromatic heterocycles. The highest BCUT2D eigenvalue weighted by molar-refractivity contribution is 8.12. The molecule has 0 aliphatic rings. The van der Waals surface area contributed by atoms with Gasteiger partial charge >= 0.3 is 0 Å². The molecule has 0 saturated heterocycles. The van der Waals surface area contributed by atoms with Crippen LogP contribution in [0, 0.1) is 0 Å². The maximum absolute atomic E-state index is 11.4. The fraction of sp³-hybridized carbons (Fsp3) is 0.708. The van der Waals surface area contributed by atoms with E-state index in [9.17, 15) is 45.6 Å². The number of hydrogen-bond donors (Lipinski definition) is 11. The summed E-state index contributed by atoms with van der Waals surface area (Å²) in [6, 6.07) is 5.26. The Kier molecular flexibility index (Phi) is 19.8. The number of aliphatic hydroxyl groups is 10. The van der Waals surface area contributed by atoms with Crippen molar-refractivity contribution in [2.24, 2.45) is 0 Å². The van der Waals surface area contributed by atoms with E-state index < -0.39 is 75.1 Å². The zero-order chi connectivity index (χ0) is 29.7. The Morgan fingerprint density at radius 1 is 0.850 bits per heavy atom. The van der Waals surface area contributed by atoms with Crippen LogP contribution in [-0.4, -0.2) is 149 Å². The van der Waals surface area contributed by atoms with Crippen molar-refractivity contribution in [2.45, 2.75) is 67.3 Å². The molecule has 1 aromatic carbocycles. The van der Waals surface area contributed by atoms with Crippen LogP contribution in [0.3, 0.4) is 0 Å². The quantitative estimate of drug-likeness (QED) is 0.0675. The van der Waals surface area contributed by atoms with Crippen LogP contribution in [0.1, 0.15) is 18.1 Å². The van der Waals surface area contributed by atoms with Crippen molar-refractivity contribution in [1.29, 1.82) is 0 Å². The number of halogens is 1. The van der Waals surface area contributed by atoms with Crippen LogP contribution >= 0.6 is 36.8 Å². The monoisotopic (exact) mass is 635 g/mol. The highest BCUT2D eigenvalue weighted by atomic mass is 35.5. The first-order valence-electron chi connectivity index (χ1n) is 12.2. The molecular weight excluding hydrogens is 594 g/mol. The van der Waals surface area contributed by atoms with Crippen molar-refractivity contribution in [3.05, 3.63) is 29.3 Å². The molecule has 0 spiro atoms. The fourth-order valence-electron chi connectivity index (χ4n) is 3.58. The van der Waals surface area contributed by atoms with Gasteiger partial charge in [0.2, 0.25) is 0 Å². The third kappa shape index (κ3) is 13.0. The van der Waals surface area contributed by atoms with Crippen LogP contribution in [-0.2, 0) is 16.3 Å². The molecular formula is C24H42ClNO12S2. The number of ether oxygens (including phenoxy) is 1. The highest BCUT2D eigenvalue weighted by Crippen LogP contribution is 2.24. The normalized spacial score (nSPS) is 17.7. The van der Waals surface area contributed by atoms with Gasteiger partial charge in [-0.3, -0.25) is 9.69 Å². The average Bonchev–Trinajstić information content (AvgIpc) is 2.93. The number of nitrogens with zero attached hydrogens (tertiary/aromatic N) is 1. The molecule has 13 nitrogen and oxygen atoms in total. The Hall–Kier alpha value is -0.760. The molecule has 0 bridgehead atoms. The minimum Gasteiger partial charge on any atom is -0.492 e. The lowest BCUT2D eigenvalue weighted by Gasteiger charge is -2.33. The summed E-state index contributed by atoms with van der Waals surface area (Å²) in [5.41, 5.74) is 1.77. The van der Waals surface area contributed by atoms with Gasteiger partial charge in [0.15, 0.2) is 5.12 Å². The third-order valence-electron chi connectivity index (χ3n) is 6.00. The molecule has 40 heavy (non-hydrogen) atoms. The summed E-state index contributed by atoms with van der Waals surface area (Å²) in [6.45, 7) is -1.09. The topological polar surface area (TPSA) is 232 Å². The van der Waals surface area contributed by atoms with Crippen molar-refractivity contribution < 1.29 is 60.6 Å². The van der Waals surface area contributed by atoms with E-state index in [0.717, 1.165) is 22.9 Å². The first-order chi connectivity index (χ1) is 18.4. The molecule has 8 atom stereocenters. The van der Waals surface area contributed by atoms with Crippen LogP contribution in [0.4, 0.5) is 0 Å². The molecule has 0 amide bonds. The van der Waals surface area contributed by atoms with Gasteiger partial charge in [0.25, 0.3) is 0 Å². The summed E-state index contributed by atoms with van der Waals surface area (Å²) in [7, 11) is 0. The van der Waals surface area contributed by atoms with Crippen LogP contribution in [0.5, 0.6) is 5.75 Å². The predicted octanol–water partition coefficient (Wildman–Crippen LogP) is -3.13. The first kappa shape index (κ1) is 39.2. The minimum atomic E-state index is -1.88. The second kappa shape index (κ2) is 20.2. The van der Waals surface area contributed by atoms with Crippen molar-refractivity contribution in [3.63, 3.8) is 0 Å². The highest BCUT2D eigenvalue weighted by Gasteiger charge is 2.34. The molecule has 234 valence electrons. The third-order valence-corrected chi connectivity index (χ3v) is 7.20. The van der Waals surface area contributed by atoms with Crippen LogP contribution in [0.25, 0.3) is 0 Å². The van der Waals surface area contributed by atoms with Crippen molar-refractivity contribution >= 4 is 41.9 Å². The second-order valence-electron chi connectivity index (χ2n) is 9.07. The molecule has 1 rings (SSSR count). The van der Waals surface area contributed by atoms with Gasteiger partial charge in [0, 0.05) is 38.1 Å². The van der Waals surface area contributed by atoms with E-state index in [0.29, 0.717) is 17.3 Å². The summed E-state index contributed by atoms with van der Waals surface area (Å²) in [5, 5.41) is 98.0. The van der Waals surface area contributed by atoms with Gasteiger partial charge < -0.3 is 55.8 Å². The van der Waals surface area contributed by atoms with Crippen LogP contribution < -0.4 is 4.74 Å². The summed E-state index contributed by atoms with van der Waals surface area (Å²) in [4.78, 5) is 12.7. The van der Waals surface area contributed by atoms with Crippen molar-refractivity contribution in [2.75, 3.05) is 39.5 Å². The van der Waals surface area contributed by atoms with E-state index in [-0.39, 0.29) is 30.7 Å². The van der Waals surface area contributed by atoms with Gasteiger partial charge in [-0.05, 0) is 23.3 Å². The summed E-state index contributed by atoms with van der Waals surface area (Å²) in [5.74, 6) is 1.34. The summed E-state index contributed by atoms with van der Waals surface area (Å²) >= 11 is 5.43. The number of carbonyl (C=O) groups excluding carboxylic acids is 1. The van der Waals surface area contributed by atoms with E-state index in [2.05, 4.69) is 12.6 Å². The Morgan fingerprint density at radius 2 is 1.32 bits per heavy atom. The molecule has 0 radical (unpaired) electrons. The van der Waals surface area contributed by atoms with E-state index in [1.54, 1.807) is 18.2 Å². The summed E-state index contributed by atoms with van der Waals surface area (Å²) < 4.78 is 5.78. The lowest BCUT2D eigenvalue weighted by Crippen LogP contribution is -2.53. The first-order valence-corrected chi connectivity index (χ1v) is 13.8. The fourth-order valence-corrected chi connectivity index (χ4v) is 4.52. The predicted molar refractivity (Wildman–Crippen MR) is 153 cm³/mol.